The van der Waals surface area contributed by atoms with Crippen molar-refractivity contribution in [1.82, 2.24) is 20.8 Å². The van der Waals surface area contributed by atoms with Gasteiger partial charge in [-0.2, -0.15) is 4.98 Å². The van der Waals surface area contributed by atoms with Gasteiger partial charge in [-0.1, -0.05) is 33.2 Å². The first-order valence-corrected chi connectivity index (χ1v) is 6.93. The van der Waals surface area contributed by atoms with Crippen molar-refractivity contribution in [2.24, 2.45) is 0 Å². The van der Waals surface area contributed by atoms with E-state index in [0.717, 1.165) is 10.0 Å². The molecule has 1 heterocycles. The zero-order chi connectivity index (χ0) is 14.5. The van der Waals surface area contributed by atoms with Gasteiger partial charge in [0.1, 0.15) is 0 Å². The lowest BCUT2D eigenvalue weighted by Gasteiger charge is -2.14. The Bertz CT molecular complexity index is 600. The monoisotopic (exact) mass is 338 g/mol. The van der Waals surface area contributed by atoms with E-state index in [-0.39, 0.29) is 18.6 Å². The number of carbonyl (C=O) groups is 1. The minimum Gasteiger partial charge on any atom is -0.337 e. The molecule has 6 nitrogen and oxygen atoms in total. The van der Waals surface area contributed by atoms with E-state index in [9.17, 15) is 4.79 Å². The second-order valence-electron chi connectivity index (χ2n) is 4.34. The van der Waals surface area contributed by atoms with Gasteiger partial charge in [0, 0.05) is 4.47 Å². The first-order valence-electron chi connectivity index (χ1n) is 6.13. The molecule has 0 unspecified atom stereocenters. The van der Waals surface area contributed by atoms with Crippen LogP contribution >= 0.6 is 15.9 Å². The summed E-state index contributed by atoms with van der Waals surface area (Å²) in [4.78, 5) is 15.8. The largest absolute Gasteiger partial charge is 0.337 e. The first-order chi connectivity index (χ1) is 9.54. The van der Waals surface area contributed by atoms with Crippen LogP contribution in [0.2, 0.25) is 0 Å². The average molecular weight is 339 g/mol. The quantitative estimate of drug-likeness (QED) is 0.898. The Morgan fingerprint density at radius 1 is 1.50 bits per heavy atom. The van der Waals surface area contributed by atoms with Crippen LogP contribution in [-0.2, 0) is 6.54 Å². The molecule has 0 aliphatic heterocycles. The second-order valence-corrected chi connectivity index (χ2v) is 5.25. The third-order valence-electron chi connectivity index (χ3n) is 2.67. The Kier molecular flexibility index (Phi) is 4.73. The van der Waals surface area contributed by atoms with Crippen LogP contribution in [0.15, 0.2) is 33.3 Å². The summed E-state index contributed by atoms with van der Waals surface area (Å²) >= 11 is 3.40. The van der Waals surface area contributed by atoms with Crippen LogP contribution in [0.1, 0.15) is 30.2 Å². The fourth-order valence-corrected chi connectivity index (χ4v) is 2.09. The van der Waals surface area contributed by atoms with E-state index in [4.69, 9.17) is 4.52 Å². The molecule has 0 fully saturated rings. The molecule has 1 aromatic carbocycles. The van der Waals surface area contributed by atoms with Gasteiger partial charge in [-0.25, -0.2) is 4.79 Å². The van der Waals surface area contributed by atoms with Crippen LogP contribution in [0.4, 0.5) is 4.79 Å². The molecule has 20 heavy (non-hydrogen) atoms. The Balaban J connectivity index is 1.85. The van der Waals surface area contributed by atoms with Gasteiger partial charge in [0.25, 0.3) is 0 Å². The summed E-state index contributed by atoms with van der Waals surface area (Å²) < 4.78 is 5.89. The number of carbonyl (C=O) groups excluding carboxylic acids is 1. The lowest BCUT2D eigenvalue weighted by atomic mass is 10.1. The van der Waals surface area contributed by atoms with Crippen LogP contribution in [-0.4, -0.2) is 16.2 Å². The number of benzene rings is 1. The van der Waals surface area contributed by atoms with Crippen LogP contribution in [0.5, 0.6) is 0 Å². The predicted molar refractivity (Wildman–Crippen MR) is 77.0 cm³/mol. The molecule has 0 bridgehead atoms. The molecule has 1 atom stereocenters. The Labute approximate surface area is 125 Å². The molecule has 0 saturated carbocycles. The highest BCUT2D eigenvalue weighted by Gasteiger charge is 2.10. The molecule has 0 aliphatic rings. The zero-order valence-corrected chi connectivity index (χ0v) is 12.8. The lowest BCUT2D eigenvalue weighted by Crippen LogP contribution is -2.36. The maximum absolute atomic E-state index is 11.8. The number of aryl methyl sites for hydroxylation is 1. The molecule has 7 heteroatoms. The third kappa shape index (κ3) is 4.06. The van der Waals surface area contributed by atoms with Gasteiger partial charge in [0.05, 0.1) is 12.6 Å². The number of hydrogen-bond acceptors (Lipinski definition) is 4. The summed E-state index contributed by atoms with van der Waals surface area (Å²) in [6, 6.07) is 7.40. The molecule has 2 aromatic rings. The molecule has 0 saturated heterocycles. The predicted octanol–water partition coefficient (Wildman–Crippen LogP) is 2.70. The summed E-state index contributed by atoms with van der Waals surface area (Å²) in [7, 11) is 0. The number of aromatic nitrogens is 2. The maximum atomic E-state index is 11.8. The van der Waals surface area contributed by atoms with E-state index in [1.165, 1.54) is 0 Å². The van der Waals surface area contributed by atoms with Crippen molar-refractivity contribution < 1.29 is 9.32 Å². The van der Waals surface area contributed by atoms with Gasteiger partial charge in [0.15, 0.2) is 5.82 Å². The van der Waals surface area contributed by atoms with Gasteiger partial charge >= 0.3 is 6.03 Å². The molecule has 0 spiro atoms. The van der Waals surface area contributed by atoms with Gasteiger partial charge < -0.3 is 15.2 Å². The maximum Gasteiger partial charge on any atom is 0.315 e. The van der Waals surface area contributed by atoms with Crippen molar-refractivity contribution in [2.45, 2.75) is 26.4 Å². The number of amides is 2. The van der Waals surface area contributed by atoms with Crippen LogP contribution in [0.25, 0.3) is 0 Å². The van der Waals surface area contributed by atoms with Crippen LogP contribution in [0, 0.1) is 6.92 Å². The number of nitrogens with zero attached hydrogens (tertiary/aromatic N) is 2. The van der Waals surface area contributed by atoms with Gasteiger partial charge in [-0.05, 0) is 31.5 Å². The van der Waals surface area contributed by atoms with Crippen molar-refractivity contribution in [1.29, 1.82) is 0 Å². The molecule has 0 radical (unpaired) electrons. The fourth-order valence-electron chi connectivity index (χ4n) is 1.67. The van der Waals surface area contributed by atoms with Crippen LogP contribution in [0.3, 0.4) is 0 Å². The number of urea groups is 1. The molecule has 106 valence electrons. The summed E-state index contributed by atoms with van der Waals surface area (Å²) in [6.45, 7) is 3.85. The molecule has 2 N–H and O–H groups in total. The SMILES string of the molecule is Cc1noc(CNC(=O)N[C@@H](C)c2cccc(Br)c2)n1. The smallest absolute Gasteiger partial charge is 0.315 e. The Morgan fingerprint density at radius 2 is 2.30 bits per heavy atom. The Morgan fingerprint density at radius 3 is 2.95 bits per heavy atom. The summed E-state index contributed by atoms with van der Waals surface area (Å²) in [5.41, 5.74) is 1.02. The number of rotatable bonds is 4. The van der Waals surface area contributed by atoms with Gasteiger partial charge in [-0.3, -0.25) is 0 Å². The standard InChI is InChI=1S/C13H15BrN4O2/c1-8(10-4-3-5-11(14)6-10)16-13(19)15-7-12-17-9(2)18-20-12/h3-6,8H,7H2,1-2H3,(H2,15,16,19)/t8-/m0/s1. The van der Waals surface area contributed by atoms with Crippen molar-refractivity contribution in [3.05, 3.63) is 46.0 Å². The average Bonchev–Trinajstić information content (AvgIpc) is 2.82. The molecular weight excluding hydrogens is 324 g/mol. The third-order valence-corrected chi connectivity index (χ3v) is 3.16. The topological polar surface area (TPSA) is 80.0 Å². The molecule has 2 amide bonds. The van der Waals surface area contributed by atoms with E-state index in [2.05, 4.69) is 36.7 Å². The summed E-state index contributed by atoms with van der Waals surface area (Å²) in [5, 5.41) is 9.16. The van der Waals surface area contributed by atoms with Crippen molar-refractivity contribution in [2.75, 3.05) is 0 Å². The minimum atomic E-state index is -0.284. The highest BCUT2D eigenvalue weighted by atomic mass is 79.9. The number of nitrogens with one attached hydrogen (secondary N) is 2. The highest BCUT2D eigenvalue weighted by Crippen LogP contribution is 2.17. The number of halogens is 1. The van der Waals surface area contributed by atoms with E-state index < -0.39 is 0 Å². The fraction of sp³-hybridized carbons (Fsp3) is 0.308. The summed E-state index contributed by atoms with van der Waals surface area (Å²) in [6.07, 6.45) is 0. The Hall–Kier alpha value is -1.89. The van der Waals surface area contributed by atoms with E-state index >= 15 is 0 Å². The van der Waals surface area contributed by atoms with Gasteiger partial charge in [0.2, 0.25) is 5.89 Å². The van der Waals surface area contributed by atoms with E-state index in [0.29, 0.717) is 11.7 Å². The second kappa shape index (κ2) is 6.51. The number of hydrogen-bond donors (Lipinski definition) is 2. The molecular formula is C13H15BrN4O2. The van der Waals surface area contributed by atoms with E-state index in [1.807, 2.05) is 31.2 Å². The first kappa shape index (κ1) is 14.5. The summed E-state index contributed by atoms with van der Waals surface area (Å²) in [5.74, 6) is 0.928. The highest BCUT2D eigenvalue weighted by molar-refractivity contribution is 9.10. The lowest BCUT2D eigenvalue weighted by molar-refractivity contribution is 0.235. The van der Waals surface area contributed by atoms with Crippen molar-refractivity contribution in [3.8, 4) is 0 Å². The normalized spacial score (nSPS) is 11.9. The molecule has 1 aromatic heterocycles. The minimum absolute atomic E-state index is 0.100. The molecule has 2 rings (SSSR count). The van der Waals surface area contributed by atoms with Crippen molar-refractivity contribution >= 4 is 22.0 Å². The molecule has 0 aliphatic carbocycles. The van der Waals surface area contributed by atoms with Gasteiger partial charge in [-0.15, -0.1) is 0 Å². The van der Waals surface area contributed by atoms with Crippen molar-refractivity contribution in [3.63, 3.8) is 0 Å². The van der Waals surface area contributed by atoms with E-state index in [1.54, 1.807) is 6.92 Å². The van der Waals surface area contributed by atoms with Crippen LogP contribution < -0.4 is 10.6 Å². The zero-order valence-electron chi connectivity index (χ0n) is 11.2.